The number of Topliss-reactive ketones (excluding diaryl/α,β-unsaturated/α-hetero) is 2. The Kier molecular flexibility index (Phi) is 14.5. The molecule has 1 aromatic heterocycles. The van der Waals surface area contributed by atoms with E-state index in [1.165, 1.54) is 18.9 Å². The summed E-state index contributed by atoms with van der Waals surface area (Å²) < 4.78 is 49.7. The van der Waals surface area contributed by atoms with Crippen LogP contribution in [0, 0.1) is 23.2 Å². The number of benzene rings is 1. The van der Waals surface area contributed by atoms with Crippen molar-refractivity contribution in [2.75, 3.05) is 33.5 Å². The number of aryl methyl sites for hydroxylation is 1. The Bertz CT molecular complexity index is 1860. The van der Waals surface area contributed by atoms with Gasteiger partial charge >= 0.3 is 6.09 Å². The van der Waals surface area contributed by atoms with Gasteiger partial charge in [-0.3, -0.25) is 19.7 Å². The van der Waals surface area contributed by atoms with Crippen LogP contribution >= 0.6 is 0 Å². The number of carbonyl (C=O) groups is 3. The molecule has 1 unspecified atom stereocenters. The van der Waals surface area contributed by atoms with E-state index >= 15 is 4.39 Å². The Morgan fingerprint density at radius 2 is 1.77 bits per heavy atom. The standard InChI is InChI=1S/C43H66FN7O9/c1-12-32-43(8)35(51(40(55)60-43)19-14-13-18-50-23-30(47-48-50)28-16-15-17-29(45)21-28)26(4)33(52)24(2)22-41(6,56-11)37(27(5)36(54)42(7,44)39(46)58-32)59-38-34(53)31(49(9)10)20-25(3)57-38/h15-17,21,23-27,31-32,34-35,37-38,46,53H,12-14,18-20,22,45H2,1-11H3/t24-,25-,26+,27+,31+,32?,34-,35-,37-,38+,41+,42+,43-/m1/s1. The molecule has 4 heterocycles. The first-order valence-electron chi connectivity index (χ1n) is 21.1. The number of carbonyl (C=O) groups excluding carboxylic acids is 3. The topological polar surface area (TPSA) is 205 Å². The smallest absolute Gasteiger partial charge is 0.410 e. The number of unbranched alkanes of at least 4 members (excludes halogenated alkanes) is 1. The number of likely N-dealkylation sites (N-methyl/N-ethyl adjacent to an activating group) is 1. The maximum absolute atomic E-state index is 17.0. The fraction of sp³-hybridized carbons (Fsp3) is 0.721. The van der Waals surface area contributed by atoms with Crippen molar-refractivity contribution >= 4 is 29.2 Å². The van der Waals surface area contributed by atoms with Crippen molar-refractivity contribution < 1.29 is 47.6 Å². The summed E-state index contributed by atoms with van der Waals surface area (Å²) in [7, 11) is 5.09. The van der Waals surface area contributed by atoms with Gasteiger partial charge in [0.2, 0.25) is 11.6 Å². The lowest BCUT2D eigenvalue weighted by atomic mass is 9.73. The predicted molar refractivity (Wildman–Crippen MR) is 222 cm³/mol. The zero-order valence-electron chi connectivity index (χ0n) is 37.0. The van der Waals surface area contributed by atoms with Gasteiger partial charge < -0.3 is 44.3 Å². The van der Waals surface area contributed by atoms with Crippen molar-refractivity contribution in [2.45, 2.75) is 154 Å². The van der Waals surface area contributed by atoms with Gasteiger partial charge in [0.05, 0.1) is 30.0 Å². The number of aromatic nitrogens is 3. The second kappa shape index (κ2) is 18.5. The van der Waals surface area contributed by atoms with Crippen molar-refractivity contribution in [1.29, 1.82) is 5.41 Å². The zero-order valence-corrected chi connectivity index (χ0v) is 37.0. The van der Waals surface area contributed by atoms with E-state index in [2.05, 4.69) is 10.3 Å². The lowest BCUT2D eigenvalue weighted by Crippen LogP contribution is -2.61. The molecule has 0 aliphatic carbocycles. The number of aliphatic hydroxyl groups excluding tert-OH is 1. The SMILES string of the molecule is CCC1OC(=N)[C@@](C)(F)C(=O)[C@H](C)[C@@H](O[C@@H]2O[C@H](C)C[C@H](N(C)C)[C@H]2O)[C@@](C)(OC)C[C@@H](C)C(=O)[C@H](C)[C@H]2N(CCCCn3cc(-c4cccc(N)c4)nn3)C(=O)O[C@]12C. The van der Waals surface area contributed by atoms with Crippen molar-refractivity contribution in [3.63, 3.8) is 0 Å². The Balaban J connectivity index is 1.45. The number of aliphatic hydroxyl groups is 1. The average molecular weight is 844 g/mol. The van der Waals surface area contributed by atoms with E-state index in [4.69, 9.17) is 34.8 Å². The highest BCUT2D eigenvalue weighted by Gasteiger charge is 2.61. The lowest BCUT2D eigenvalue weighted by molar-refractivity contribution is -0.295. The number of anilines is 1. The number of rotatable bonds is 11. The van der Waals surface area contributed by atoms with E-state index in [1.807, 2.05) is 50.3 Å². The number of ketones is 2. The second-order valence-electron chi connectivity index (χ2n) is 17.8. The first-order chi connectivity index (χ1) is 28.1. The van der Waals surface area contributed by atoms with Crippen LogP contribution in [0.25, 0.3) is 11.3 Å². The summed E-state index contributed by atoms with van der Waals surface area (Å²) in [5.41, 5.74) is 2.17. The minimum atomic E-state index is -2.96. The molecule has 0 radical (unpaired) electrons. The molecule has 17 heteroatoms. The Labute approximate surface area is 353 Å². The number of alkyl halides is 1. The number of nitrogens with one attached hydrogen (secondary N) is 1. The highest BCUT2D eigenvalue weighted by atomic mass is 19.1. The van der Waals surface area contributed by atoms with Gasteiger partial charge in [-0.25, -0.2) is 9.18 Å². The number of ether oxygens (including phenoxy) is 5. The third-order valence-corrected chi connectivity index (χ3v) is 13.0. The number of nitrogens with two attached hydrogens (primary N) is 1. The third kappa shape index (κ3) is 9.39. The predicted octanol–water partition coefficient (Wildman–Crippen LogP) is 5.05. The van der Waals surface area contributed by atoms with Gasteiger partial charge in [0.25, 0.3) is 0 Å². The molecule has 0 spiro atoms. The molecule has 16 nitrogen and oxygen atoms in total. The maximum Gasteiger partial charge on any atom is 0.410 e. The number of nitrogens with zero attached hydrogens (tertiary/aromatic N) is 5. The molecule has 3 aliphatic heterocycles. The quantitative estimate of drug-likeness (QED) is 0.200. The minimum absolute atomic E-state index is 0.0201. The number of amides is 1. The summed E-state index contributed by atoms with van der Waals surface area (Å²) in [5.74, 6) is -5.05. The van der Waals surface area contributed by atoms with E-state index < -0.39 is 83.0 Å². The normalized spacial score (nSPS) is 37.1. The van der Waals surface area contributed by atoms with Gasteiger partial charge in [0, 0.05) is 55.2 Å². The van der Waals surface area contributed by atoms with Crippen LogP contribution in [0.3, 0.4) is 0 Å². The molecule has 1 amide bonds. The van der Waals surface area contributed by atoms with E-state index in [0.717, 1.165) is 12.5 Å². The molecule has 4 N–H and O–H groups in total. The van der Waals surface area contributed by atoms with E-state index in [9.17, 15) is 19.5 Å². The molecule has 1 aromatic carbocycles. The summed E-state index contributed by atoms with van der Waals surface area (Å²) in [4.78, 5) is 46.4. The second-order valence-corrected chi connectivity index (χ2v) is 17.8. The van der Waals surface area contributed by atoms with Gasteiger partial charge in [-0.15, -0.1) is 5.10 Å². The fourth-order valence-electron chi connectivity index (χ4n) is 9.53. The van der Waals surface area contributed by atoms with Crippen LogP contribution in [0.15, 0.2) is 30.5 Å². The first kappa shape index (κ1) is 47.0. The fourth-order valence-corrected chi connectivity index (χ4v) is 9.53. The Morgan fingerprint density at radius 1 is 1.08 bits per heavy atom. The molecule has 3 aliphatic rings. The number of methoxy groups -OCH3 is 1. The van der Waals surface area contributed by atoms with E-state index in [-0.39, 0.29) is 37.3 Å². The van der Waals surface area contributed by atoms with Crippen LogP contribution in [-0.4, -0.2) is 141 Å². The molecule has 3 fully saturated rings. The number of hydrogen-bond acceptors (Lipinski definition) is 14. The van der Waals surface area contributed by atoms with Crippen LogP contribution < -0.4 is 5.73 Å². The van der Waals surface area contributed by atoms with Crippen molar-refractivity contribution in [1.82, 2.24) is 24.8 Å². The van der Waals surface area contributed by atoms with Crippen LogP contribution in [0.5, 0.6) is 0 Å². The molecule has 13 atom stereocenters. The van der Waals surface area contributed by atoms with Gasteiger partial charge in [0.15, 0.2) is 17.7 Å². The summed E-state index contributed by atoms with van der Waals surface area (Å²) in [6.45, 7) is 13.6. The Morgan fingerprint density at radius 3 is 2.40 bits per heavy atom. The lowest BCUT2D eigenvalue weighted by Gasteiger charge is -2.47. The number of fused-ring (bicyclic) bond motifs is 1. The van der Waals surface area contributed by atoms with Crippen LogP contribution in [0.2, 0.25) is 0 Å². The summed E-state index contributed by atoms with van der Waals surface area (Å²) in [5, 5.41) is 28.9. The molecule has 60 heavy (non-hydrogen) atoms. The molecule has 334 valence electrons. The van der Waals surface area contributed by atoms with Crippen molar-refractivity contribution in [2.24, 2.45) is 17.8 Å². The highest BCUT2D eigenvalue weighted by Crippen LogP contribution is 2.44. The molecular formula is C43H66FN7O9. The highest BCUT2D eigenvalue weighted by molar-refractivity contribution is 6.09. The monoisotopic (exact) mass is 843 g/mol. The molecule has 2 aromatic rings. The molecule has 3 saturated heterocycles. The molecule has 5 rings (SSSR count). The average Bonchev–Trinajstić information content (AvgIpc) is 3.78. The Hall–Kier alpha value is -4.03. The largest absolute Gasteiger partial charge is 0.471 e. The molecular weight excluding hydrogens is 778 g/mol. The van der Waals surface area contributed by atoms with E-state index in [1.54, 1.807) is 45.4 Å². The van der Waals surface area contributed by atoms with E-state index in [0.29, 0.717) is 37.2 Å². The number of halogens is 1. The summed E-state index contributed by atoms with van der Waals surface area (Å²) in [6, 6.07) is 6.13. The minimum Gasteiger partial charge on any atom is -0.471 e. The summed E-state index contributed by atoms with van der Waals surface area (Å²) >= 11 is 0. The molecule has 0 bridgehead atoms. The zero-order chi connectivity index (χ0) is 44.5. The van der Waals surface area contributed by atoms with Gasteiger partial charge in [-0.2, -0.15) is 0 Å². The maximum atomic E-state index is 17.0. The summed E-state index contributed by atoms with van der Waals surface area (Å²) in [6.07, 6.45) is -2.09. The number of nitrogen functional groups attached to an aromatic ring is 1. The van der Waals surface area contributed by atoms with Crippen molar-refractivity contribution in [3.05, 3.63) is 30.5 Å². The van der Waals surface area contributed by atoms with Crippen LogP contribution in [-0.2, 0) is 39.8 Å². The molecule has 0 saturated carbocycles. The van der Waals surface area contributed by atoms with Crippen molar-refractivity contribution in [3.8, 4) is 11.3 Å². The van der Waals surface area contributed by atoms with Crippen LogP contribution in [0.4, 0.5) is 14.9 Å². The number of hydrogen-bond donors (Lipinski definition) is 3. The van der Waals surface area contributed by atoms with Gasteiger partial charge in [0.1, 0.15) is 23.7 Å². The van der Waals surface area contributed by atoms with Gasteiger partial charge in [-0.1, -0.05) is 45.0 Å². The van der Waals surface area contributed by atoms with Crippen LogP contribution in [0.1, 0.15) is 87.5 Å². The third-order valence-electron chi connectivity index (χ3n) is 13.0. The first-order valence-corrected chi connectivity index (χ1v) is 21.1. The van der Waals surface area contributed by atoms with Gasteiger partial charge in [-0.05, 0) is 86.0 Å².